The van der Waals surface area contributed by atoms with Gasteiger partial charge in [-0.3, -0.25) is 34.3 Å². The quantitative estimate of drug-likeness (QED) is 0.181. The normalized spacial score (nSPS) is 26.8. The van der Waals surface area contributed by atoms with Crippen molar-refractivity contribution in [1.29, 1.82) is 0 Å². The van der Waals surface area contributed by atoms with Gasteiger partial charge in [0.2, 0.25) is 11.8 Å². The number of rotatable bonds is 9. The Morgan fingerprint density at radius 1 is 1.00 bits per heavy atom. The standard InChI is InChI=1S/C38H35Cl2N3O8/c1-19-5-3-6-25(33(19)46)32-23-13-14-24-31(36(49)42(34(24)47)16-4-7-30(44)45)26(23)18-27-35(48)43(41-29-15-10-21(39)17-28(29)40)37(50)38(27,32)20-8-11-22(51-2)12-9-20/h3,5-6,8-13,15,17,24,26-27,31-32,41,46H,4,7,14,16,18H2,1-2H3,(H,44,45)/t24-,26+,27-,31-,32+,38+/m0/s1. The molecule has 0 aromatic heterocycles. The second kappa shape index (κ2) is 13.0. The predicted molar refractivity (Wildman–Crippen MR) is 187 cm³/mol. The summed E-state index contributed by atoms with van der Waals surface area (Å²) >= 11 is 12.6. The van der Waals surface area contributed by atoms with Gasteiger partial charge in [0.05, 0.1) is 41.0 Å². The number of aromatic hydroxyl groups is 1. The minimum absolute atomic E-state index is 0.0305. The highest BCUT2D eigenvalue weighted by atomic mass is 35.5. The van der Waals surface area contributed by atoms with Gasteiger partial charge in [0, 0.05) is 29.5 Å². The van der Waals surface area contributed by atoms with Crippen molar-refractivity contribution in [3.63, 3.8) is 0 Å². The number of imide groups is 2. The van der Waals surface area contributed by atoms with E-state index in [0.29, 0.717) is 33.0 Å². The number of carbonyl (C=O) groups excluding carboxylic acids is 4. The molecule has 13 heteroatoms. The van der Waals surface area contributed by atoms with E-state index in [1.165, 1.54) is 13.2 Å². The minimum atomic E-state index is -1.61. The SMILES string of the molecule is COc1ccc([C@@]23C(=O)N(Nc4ccc(Cl)cc4Cl)C(=O)[C@@H]2C[C@@H]2C(=CC[C@@H]4C(=O)N(CCCC(=O)O)C(=O)[C@@H]42)[C@@H]3c2cccc(C)c2O)cc1. The number of carbonyl (C=O) groups is 5. The maximum absolute atomic E-state index is 15.3. The number of fused-ring (bicyclic) bond motifs is 4. The van der Waals surface area contributed by atoms with E-state index < -0.39 is 58.7 Å². The molecular formula is C38H35Cl2N3O8. The minimum Gasteiger partial charge on any atom is -0.507 e. The lowest BCUT2D eigenvalue weighted by Gasteiger charge is -2.50. The highest BCUT2D eigenvalue weighted by molar-refractivity contribution is 6.36. The fraction of sp³-hybridized carbons (Fsp3) is 0.342. The number of nitrogens with zero attached hydrogens (tertiary/aromatic N) is 2. The second-order valence-corrected chi connectivity index (χ2v) is 14.4. The lowest BCUT2D eigenvalue weighted by Crippen LogP contribution is -2.53. The molecule has 11 nitrogen and oxygen atoms in total. The van der Waals surface area contributed by atoms with E-state index in [4.69, 9.17) is 27.9 Å². The number of para-hydroxylation sites is 1. The maximum atomic E-state index is 15.3. The molecule has 3 aromatic rings. The molecule has 1 saturated carbocycles. The molecule has 3 N–H and O–H groups in total. The molecule has 0 radical (unpaired) electrons. The average molecular weight is 733 g/mol. The van der Waals surface area contributed by atoms with Gasteiger partial charge in [-0.05, 0) is 73.6 Å². The molecule has 0 unspecified atom stereocenters. The molecule has 0 spiro atoms. The predicted octanol–water partition coefficient (Wildman–Crippen LogP) is 5.87. The Morgan fingerprint density at radius 3 is 2.43 bits per heavy atom. The van der Waals surface area contributed by atoms with Crippen LogP contribution in [-0.2, 0) is 29.4 Å². The number of nitrogens with one attached hydrogen (secondary N) is 1. The zero-order chi connectivity index (χ0) is 36.4. The number of phenolic OH excluding ortho intramolecular Hbond substituents is 1. The van der Waals surface area contributed by atoms with Gasteiger partial charge in [0.25, 0.3) is 11.8 Å². The Bertz CT molecular complexity index is 2020. The number of halogens is 2. The monoisotopic (exact) mass is 731 g/mol. The smallest absolute Gasteiger partial charge is 0.303 e. The number of anilines is 1. The van der Waals surface area contributed by atoms with E-state index in [-0.39, 0.29) is 54.6 Å². The van der Waals surface area contributed by atoms with Gasteiger partial charge in [-0.1, -0.05) is 65.2 Å². The lowest BCUT2D eigenvalue weighted by molar-refractivity contribution is -0.142. The molecule has 2 aliphatic heterocycles. The summed E-state index contributed by atoms with van der Waals surface area (Å²) in [5, 5.41) is 22.4. The molecule has 6 atom stereocenters. The number of aryl methyl sites for hydroxylation is 1. The van der Waals surface area contributed by atoms with E-state index in [1.54, 1.807) is 61.5 Å². The van der Waals surface area contributed by atoms with Gasteiger partial charge in [-0.25, -0.2) is 0 Å². The third-order valence-corrected chi connectivity index (χ3v) is 11.6. The van der Waals surface area contributed by atoms with Crippen LogP contribution in [0.25, 0.3) is 0 Å². The number of phenols is 1. The van der Waals surface area contributed by atoms with Crippen molar-refractivity contribution in [2.75, 3.05) is 19.1 Å². The number of carboxylic acids is 1. The van der Waals surface area contributed by atoms with Crippen LogP contribution >= 0.6 is 23.2 Å². The van der Waals surface area contributed by atoms with Gasteiger partial charge in [0.15, 0.2) is 0 Å². The largest absolute Gasteiger partial charge is 0.507 e. The highest BCUT2D eigenvalue weighted by Gasteiger charge is 2.70. The van der Waals surface area contributed by atoms with E-state index in [2.05, 4.69) is 5.43 Å². The summed E-state index contributed by atoms with van der Waals surface area (Å²) in [7, 11) is 1.52. The number of benzene rings is 3. The Balaban J connectivity index is 1.42. The Hall–Kier alpha value is -4.87. The third kappa shape index (κ3) is 5.36. The van der Waals surface area contributed by atoms with Crippen LogP contribution in [0.4, 0.5) is 5.69 Å². The van der Waals surface area contributed by atoms with Crippen molar-refractivity contribution in [2.24, 2.45) is 23.7 Å². The molecule has 2 saturated heterocycles. The van der Waals surface area contributed by atoms with E-state index in [9.17, 15) is 29.4 Å². The number of methoxy groups -OCH3 is 1. The van der Waals surface area contributed by atoms with E-state index >= 15 is 4.79 Å². The van der Waals surface area contributed by atoms with Gasteiger partial charge in [-0.15, -0.1) is 0 Å². The van der Waals surface area contributed by atoms with Crippen molar-refractivity contribution < 1.29 is 38.9 Å². The fourth-order valence-corrected chi connectivity index (χ4v) is 9.23. The van der Waals surface area contributed by atoms with E-state index in [1.807, 2.05) is 6.08 Å². The number of carboxylic acid groups (broad SMARTS) is 1. The Kier molecular flexibility index (Phi) is 8.83. The number of likely N-dealkylation sites (tertiary alicyclic amines) is 1. The van der Waals surface area contributed by atoms with Gasteiger partial charge in [0.1, 0.15) is 11.5 Å². The topological polar surface area (TPSA) is 154 Å². The lowest BCUT2D eigenvalue weighted by atomic mass is 9.49. The fourth-order valence-electron chi connectivity index (χ4n) is 8.78. The summed E-state index contributed by atoms with van der Waals surface area (Å²) in [4.78, 5) is 70.3. The first-order valence-corrected chi connectivity index (χ1v) is 17.5. The molecule has 4 amide bonds. The van der Waals surface area contributed by atoms with Gasteiger partial charge < -0.3 is 14.9 Å². The van der Waals surface area contributed by atoms with E-state index in [0.717, 1.165) is 9.91 Å². The van der Waals surface area contributed by atoms with Crippen LogP contribution in [-0.4, -0.2) is 63.4 Å². The Labute approximate surface area is 303 Å². The number of amides is 4. The van der Waals surface area contributed by atoms with Crippen molar-refractivity contribution in [3.8, 4) is 11.5 Å². The van der Waals surface area contributed by atoms with Crippen LogP contribution in [0, 0.1) is 30.6 Å². The number of hydrazine groups is 1. The molecule has 3 fully saturated rings. The van der Waals surface area contributed by atoms with Crippen LogP contribution < -0.4 is 10.2 Å². The molecule has 2 heterocycles. The molecule has 2 aliphatic carbocycles. The summed E-state index contributed by atoms with van der Waals surface area (Å²) in [5.41, 5.74) is 3.77. The van der Waals surface area contributed by atoms with Gasteiger partial charge in [-0.2, -0.15) is 5.01 Å². The molecule has 0 bridgehead atoms. The molecule has 264 valence electrons. The summed E-state index contributed by atoms with van der Waals surface area (Å²) in [6.45, 7) is 1.71. The maximum Gasteiger partial charge on any atom is 0.303 e. The number of allylic oxidation sites excluding steroid dienone is 2. The number of aliphatic carboxylic acids is 1. The first kappa shape index (κ1) is 34.6. The zero-order valence-electron chi connectivity index (χ0n) is 27.8. The molecule has 3 aromatic carbocycles. The summed E-state index contributed by atoms with van der Waals surface area (Å²) in [6, 6.07) is 16.8. The highest BCUT2D eigenvalue weighted by Crippen LogP contribution is 2.65. The van der Waals surface area contributed by atoms with Crippen LogP contribution in [0.1, 0.15) is 48.3 Å². The molecular weight excluding hydrogens is 697 g/mol. The van der Waals surface area contributed by atoms with Crippen molar-refractivity contribution in [1.82, 2.24) is 9.91 Å². The second-order valence-electron chi connectivity index (χ2n) is 13.6. The first-order chi connectivity index (χ1) is 24.4. The third-order valence-electron chi connectivity index (χ3n) is 11.0. The molecule has 51 heavy (non-hydrogen) atoms. The first-order valence-electron chi connectivity index (χ1n) is 16.7. The average Bonchev–Trinajstić information content (AvgIpc) is 3.47. The van der Waals surface area contributed by atoms with Gasteiger partial charge >= 0.3 is 5.97 Å². The molecule has 4 aliphatic rings. The number of hydrogen-bond donors (Lipinski definition) is 3. The van der Waals surface area contributed by atoms with Crippen molar-refractivity contribution in [3.05, 3.63) is 99.0 Å². The number of hydrogen-bond acceptors (Lipinski definition) is 8. The van der Waals surface area contributed by atoms with Crippen LogP contribution in [0.2, 0.25) is 10.0 Å². The van der Waals surface area contributed by atoms with Crippen LogP contribution in [0.5, 0.6) is 11.5 Å². The van der Waals surface area contributed by atoms with Crippen LogP contribution in [0.15, 0.2) is 72.3 Å². The number of ether oxygens (including phenoxy) is 1. The van der Waals surface area contributed by atoms with Crippen molar-refractivity contribution in [2.45, 2.75) is 43.9 Å². The summed E-state index contributed by atoms with van der Waals surface area (Å²) in [6.07, 6.45) is 2.07. The zero-order valence-corrected chi connectivity index (χ0v) is 29.3. The Morgan fingerprint density at radius 2 is 1.75 bits per heavy atom. The van der Waals surface area contributed by atoms with Crippen LogP contribution in [0.3, 0.4) is 0 Å². The van der Waals surface area contributed by atoms with Crippen molar-refractivity contribution >= 4 is 58.5 Å². The molecule has 7 rings (SSSR count). The summed E-state index contributed by atoms with van der Waals surface area (Å²) in [5.74, 6) is -6.62. The summed E-state index contributed by atoms with van der Waals surface area (Å²) < 4.78 is 5.43.